The van der Waals surface area contributed by atoms with Gasteiger partial charge in [-0.05, 0) is 38.4 Å². The summed E-state index contributed by atoms with van der Waals surface area (Å²) in [5, 5.41) is 15.2. The smallest absolute Gasteiger partial charge is 0.269 e. The van der Waals surface area contributed by atoms with E-state index in [4.69, 9.17) is 5.73 Å². The molecular weight excluding hydrogens is 370 g/mol. The summed E-state index contributed by atoms with van der Waals surface area (Å²) in [5.41, 5.74) is 5.76. The van der Waals surface area contributed by atoms with Gasteiger partial charge in [-0.1, -0.05) is 17.9 Å². The number of aromatic nitrogens is 3. The number of rotatable bonds is 6. The van der Waals surface area contributed by atoms with Gasteiger partial charge in [0.1, 0.15) is 0 Å². The molecule has 1 atom stereocenters. The molecule has 1 aromatic carbocycles. The van der Waals surface area contributed by atoms with Gasteiger partial charge in [-0.15, -0.1) is 0 Å². The van der Waals surface area contributed by atoms with E-state index in [-0.39, 0.29) is 12.1 Å². The molecule has 148 valence electrons. The maximum Gasteiger partial charge on any atom is 0.269 e. The lowest BCUT2D eigenvalue weighted by Gasteiger charge is -2.17. The minimum Gasteiger partial charge on any atom is -0.371 e. The molecule has 0 saturated heterocycles. The number of nitrogens with zero attached hydrogens (tertiary/aromatic N) is 4. The number of pyridine rings is 1. The van der Waals surface area contributed by atoms with Gasteiger partial charge in [0, 0.05) is 30.9 Å². The van der Waals surface area contributed by atoms with Gasteiger partial charge in [0.25, 0.3) is 5.91 Å². The van der Waals surface area contributed by atoms with E-state index in [0.717, 1.165) is 0 Å². The van der Waals surface area contributed by atoms with Gasteiger partial charge in [-0.25, -0.2) is 4.68 Å². The van der Waals surface area contributed by atoms with Crippen LogP contribution in [-0.2, 0) is 4.79 Å². The summed E-state index contributed by atoms with van der Waals surface area (Å²) in [5.74, 6) is 4.86. The highest BCUT2D eigenvalue weighted by Crippen LogP contribution is 2.21. The normalized spacial score (nSPS) is 13.0. The molecular formula is C21H21N5O3. The molecule has 0 aliphatic carbocycles. The van der Waals surface area contributed by atoms with Crippen molar-refractivity contribution in [1.82, 2.24) is 19.7 Å². The standard InChI is InChI=1S/C21H21N5O3/c1-25(2)11-9-21(29,14-27)8-6-15-4-3-5-16(12-15)26-18-7-10-23-13-17(18)19(24-26)20(22)28/h3-5,7,10,12-14,29H,9,11H2,1-2H3,(H2,22,28). The number of amides is 1. The van der Waals surface area contributed by atoms with E-state index < -0.39 is 11.5 Å². The van der Waals surface area contributed by atoms with E-state index in [9.17, 15) is 14.7 Å². The Morgan fingerprint density at radius 1 is 1.38 bits per heavy atom. The Balaban J connectivity index is 1.99. The van der Waals surface area contributed by atoms with Crippen molar-refractivity contribution in [1.29, 1.82) is 0 Å². The lowest BCUT2D eigenvalue weighted by molar-refractivity contribution is -0.119. The first-order chi connectivity index (χ1) is 13.8. The molecule has 3 N–H and O–H groups in total. The third kappa shape index (κ3) is 4.48. The van der Waals surface area contributed by atoms with Crippen molar-refractivity contribution in [3.8, 4) is 17.5 Å². The largest absolute Gasteiger partial charge is 0.371 e. The molecule has 0 spiro atoms. The Morgan fingerprint density at radius 3 is 2.86 bits per heavy atom. The van der Waals surface area contributed by atoms with Crippen molar-refractivity contribution >= 4 is 23.1 Å². The monoisotopic (exact) mass is 391 g/mol. The number of aldehydes is 1. The Bertz CT molecular complexity index is 1130. The second-order valence-corrected chi connectivity index (χ2v) is 6.91. The minimum absolute atomic E-state index is 0.128. The summed E-state index contributed by atoms with van der Waals surface area (Å²) in [4.78, 5) is 28.9. The molecule has 29 heavy (non-hydrogen) atoms. The molecule has 3 rings (SSSR count). The Kier molecular flexibility index (Phi) is 5.73. The van der Waals surface area contributed by atoms with Gasteiger partial charge in [0.2, 0.25) is 0 Å². The maximum absolute atomic E-state index is 11.7. The second kappa shape index (κ2) is 8.22. The summed E-state index contributed by atoms with van der Waals surface area (Å²) in [6.07, 6.45) is 3.80. The number of primary amides is 1. The summed E-state index contributed by atoms with van der Waals surface area (Å²) in [6.45, 7) is 0.521. The fourth-order valence-electron chi connectivity index (χ4n) is 2.78. The Morgan fingerprint density at radius 2 is 2.17 bits per heavy atom. The van der Waals surface area contributed by atoms with E-state index in [1.54, 1.807) is 41.2 Å². The van der Waals surface area contributed by atoms with Crippen LogP contribution in [-0.4, -0.2) is 63.2 Å². The number of carbonyl (C=O) groups is 2. The van der Waals surface area contributed by atoms with E-state index in [1.807, 2.05) is 19.0 Å². The predicted molar refractivity (Wildman–Crippen MR) is 108 cm³/mol. The van der Waals surface area contributed by atoms with Crippen LogP contribution < -0.4 is 5.73 Å². The second-order valence-electron chi connectivity index (χ2n) is 6.91. The predicted octanol–water partition coefficient (Wildman–Crippen LogP) is 0.753. The summed E-state index contributed by atoms with van der Waals surface area (Å²) in [6, 6.07) is 8.83. The molecule has 0 saturated carbocycles. The first kappa shape index (κ1) is 20.2. The summed E-state index contributed by atoms with van der Waals surface area (Å²) in [7, 11) is 3.71. The number of aliphatic hydroxyl groups is 1. The molecule has 1 amide bonds. The van der Waals surface area contributed by atoms with Crippen LogP contribution in [0.5, 0.6) is 0 Å². The van der Waals surface area contributed by atoms with Crippen molar-refractivity contribution in [2.24, 2.45) is 5.73 Å². The highest BCUT2D eigenvalue weighted by molar-refractivity contribution is 6.04. The summed E-state index contributed by atoms with van der Waals surface area (Å²) >= 11 is 0. The van der Waals surface area contributed by atoms with Gasteiger partial charge in [-0.2, -0.15) is 5.10 Å². The zero-order valence-corrected chi connectivity index (χ0v) is 16.2. The molecule has 8 nitrogen and oxygen atoms in total. The molecule has 2 aromatic heterocycles. The topological polar surface area (TPSA) is 114 Å². The molecule has 0 aliphatic rings. The van der Waals surface area contributed by atoms with Gasteiger partial charge < -0.3 is 15.7 Å². The van der Waals surface area contributed by atoms with Gasteiger partial charge in [-0.3, -0.25) is 14.6 Å². The molecule has 0 aliphatic heterocycles. The quantitative estimate of drug-likeness (QED) is 0.473. The number of benzene rings is 1. The molecule has 0 bridgehead atoms. The Labute approximate surface area is 167 Å². The number of hydrogen-bond acceptors (Lipinski definition) is 6. The van der Waals surface area contributed by atoms with E-state index in [1.165, 1.54) is 6.20 Å². The first-order valence-electron chi connectivity index (χ1n) is 8.92. The third-order valence-electron chi connectivity index (χ3n) is 4.36. The van der Waals surface area contributed by atoms with E-state index in [2.05, 4.69) is 21.9 Å². The fraction of sp³-hybridized carbons (Fsp3) is 0.238. The van der Waals surface area contributed by atoms with Crippen molar-refractivity contribution < 1.29 is 14.7 Å². The van der Waals surface area contributed by atoms with Gasteiger partial charge in [0.15, 0.2) is 17.6 Å². The zero-order valence-electron chi connectivity index (χ0n) is 16.2. The highest BCUT2D eigenvalue weighted by atomic mass is 16.3. The number of carbonyl (C=O) groups excluding carboxylic acids is 2. The van der Waals surface area contributed by atoms with Gasteiger partial charge >= 0.3 is 0 Å². The zero-order chi connectivity index (χ0) is 21.0. The molecule has 0 radical (unpaired) electrons. The van der Waals surface area contributed by atoms with E-state index in [0.29, 0.717) is 35.0 Å². The van der Waals surface area contributed by atoms with Crippen LogP contribution >= 0.6 is 0 Å². The van der Waals surface area contributed by atoms with Crippen LogP contribution in [0.2, 0.25) is 0 Å². The number of hydrogen-bond donors (Lipinski definition) is 2. The van der Waals surface area contributed by atoms with Crippen LogP contribution in [0.25, 0.3) is 16.6 Å². The van der Waals surface area contributed by atoms with E-state index >= 15 is 0 Å². The molecule has 1 unspecified atom stereocenters. The third-order valence-corrected chi connectivity index (χ3v) is 4.36. The first-order valence-corrected chi connectivity index (χ1v) is 8.92. The Hall–Kier alpha value is -3.54. The molecule has 3 aromatic rings. The number of fused-ring (bicyclic) bond motifs is 1. The van der Waals surface area contributed by atoms with Crippen LogP contribution in [0.3, 0.4) is 0 Å². The highest BCUT2D eigenvalue weighted by Gasteiger charge is 2.23. The summed E-state index contributed by atoms with van der Waals surface area (Å²) < 4.78 is 1.58. The average Bonchev–Trinajstić information content (AvgIpc) is 3.11. The fourth-order valence-corrected chi connectivity index (χ4v) is 2.78. The van der Waals surface area contributed by atoms with Crippen LogP contribution in [0.1, 0.15) is 22.5 Å². The molecule has 8 heteroatoms. The average molecular weight is 391 g/mol. The van der Waals surface area contributed by atoms with Crippen molar-refractivity contribution in [3.05, 3.63) is 54.0 Å². The lowest BCUT2D eigenvalue weighted by Crippen LogP contribution is -2.33. The van der Waals surface area contributed by atoms with Crippen molar-refractivity contribution in [2.75, 3.05) is 20.6 Å². The van der Waals surface area contributed by atoms with Crippen LogP contribution in [0.15, 0.2) is 42.7 Å². The molecule has 2 heterocycles. The lowest BCUT2D eigenvalue weighted by atomic mass is 10.0. The van der Waals surface area contributed by atoms with Crippen molar-refractivity contribution in [2.45, 2.75) is 12.0 Å². The maximum atomic E-state index is 11.7. The SMILES string of the molecule is CN(C)CCC(O)(C#Cc1cccc(-n2nc(C(N)=O)c3cnccc32)c1)C=O. The number of nitrogens with two attached hydrogens (primary N) is 1. The minimum atomic E-state index is -1.72. The van der Waals surface area contributed by atoms with Crippen LogP contribution in [0, 0.1) is 11.8 Å². The molecule has 0 fully saturated rings. The van der Waals surface area contributed by atoms with Crippen LogP contribution in [0.4, 0.5) is 0 Å². The van der Waals surface area contributed by atoms with Crippen molar-refractivity contribution in [3.63, 3.8) is 0 Å². The van der Waals surface area contributed by atoms with Gasteiger partial charge in [0.05, 0.1) is 16.6 Å².